The Balaban J connectivity index is 0.00000245. The Labute approximate surface area is 197 Å². The number of aromatic nitrogens is 1. The second-order valence-corrected chi connectivity index (χ2v) is 8.75. The van der Waals surface area contributed by atoms with Crippen LogP contribution in [0.2, 0.25) is 0 Å². The molecule has 3 aromatic rings. The summed E-state index contributed by atoms with van der Waals surface area (Å²) in [5.41, 5.74) is 2.67. The van der Waals surface area contributed by atoms with Crippen molar-refractivity contribution in [2.45, 2.75) is 6.92 Å². The molecule has 0 aliphatic carbocycles. The van der Waals surface area contributed by atoms with Crippen molar-refractivity contribution in [2.24, 2.45) is 0 Å². The molecule has 0 atom stereocenters. The maximum Gasteiger partial charge on any atom is 0.260 e. The van der Waals surface area contributed by atoms with E-state index < -0.39 is 0 Å². The topological polar surface area (TPSA) is 64.1 Å². The number of ether oxygens (including phenoxy) is 3. The molecular weight excluding hydrogens is 450 g/mol. The van der Waals surface area contributed by atoms with Crippen LogP contribution < -0.4 is 14.4 Å². The minimum absolute atomic E-state index is 0. The summed E-state index contributed by atoms with van der Waals surface area (Å²) in [4.78, 5) is 22.5. The molecule has 1 aromatic heterocycles. The number of carbonyl (C=O) groups excluding carboxylic acids is 1. The van der Waals surface area contributed by atoms with E-state index in [4.69, 9.17) is 19.2 Å². The number of anilines is 1. The summed E-state index contributed by atoms with van der Waals surface area (Å²) in [6.45, 7) is 7.64. The van der Waals surface area contributed by atoms with E-state index in [-0.39, 0.29) is 18.3 Å². The molecule has 5 rings (SSSR count). The predicted octanol–water partition coefficient (Wildman–Crippen LogP) is 3.78. The van der Waals surface area contributed by atoms with Gasteiger partial charge in [-0.1, -0.05) is 17.4 Å². The maximum absolute atomic E-state index is 13.6. The molecule has 0 radical (unpaired) electrons. The van der Waals surface area contributed by atoms with Crippen LogP contribution in [0.3, 0.4) is 0 Å². The number of hydrogen-bond donors (Lipinski definition) is 0. The summed E-state index contributed by atoms with van der Waals surface area (Å²) in [5, 5.41) is 0.716. The summed E-state index contributed by atoms with van der Waals surface area (Å²) in [6, 6.07) is 11.6. The van der Waals surface area contributed by atoms with E-state index in [0.29, 0.717) is 42.0 Å². The minimum atomic E-state index is -0.0824. The molecule has 32 heavy (non-hydrogen) atoms. The van der Waals surface area contributed by atoms with Gasteiger partial charge >= 0.3 is 0 Å². The molecule has 1 fully saturated rings. The third-order valence-corrected chi connectivity index (χ3v) is 6.58. The highest BCUT2D eigenvalue weighted by Crippen LogP contribution is 2.33. The first-order valence-electron chi connectivity index (χ1n) is 10.6. The van der Waals surface area contributed by atoms with E-state index in [1.165, 1.54) is 5.56 Å². The van der Waals surface area contributed by atoms with Crippen LogP contribution in [-0.2, 0) is 4.74 Å². The third-order valence-electron chi connectivity index (χ3n) is 5.54. The standard InChI is InChI=1S/C23H25N3O4S.ClH/c1-16-2-4-18-21(14-16)31-23(24-18)26(7-6-25-8-10-28-11-9-25)22(27)17-3-5-19-20(15-17)30-13-12-29-19;/h2-5,14-15H,6-13H2,1H3;1H. The van der Waals surface area contributed by atoms with Gasteiger partial charge in [0.15, 0.2) is 16.6 Å². The molecule has 7 nitrogen and oxygen atoms in total. The van der Waals surface area contributed by atoms with Crippen molar-refractivity contribution in [1.29, 1.82) is 0 Å². The van der Waals surface area contributed by atoms with Crippen LogP contribution in [0.5, 0.6) is 11.5 Å². The lowest BCUT2D eigenvalue weighted by molar-refractivity contribution is 0.0391. The maximum atomic E-state index is 13.6. The van der Waals surface area contributed by atoms with Gasteiger partial charge < -0.3 is 14.2 Å². The van der Waals surface area contributed by atoms with Crippen LogP contribution in [0.4, 0.5) is 5.13 Å². The average molecular weight is 476 g/mol. The van der Waals surface area contributed by atoms with Crippen molar-refractivity contribution in [1.82, 2.24) is 9.88 Å². The monoisotopic (exact) mass is 475 g/mol. The number of fused-ring (bicyclic) bond motifs is 2. The van der Waals surface area contributed by atoms with Crippen LogP contribution in [0, 0.1) is 6.92 Å². The second kappa shape index (κ2) is 10.0. The molecule has 3 heterocycles. The van der Waals surface area contributed by atoms with Crippen molar-refractivity contribution < 1.29 is 19.0 Å². The summed E-state index contributed by atoms with van der Waals surface area (Å²) >= 11 is 1.55. The number of thiazole rings is 1. The molecular formula is C23H26ClN3O4S. The van der Waals surface area contributed by atoms with Gasteiger partial charge in [-0.2, -0.15) is 0 Å². The summed E-state index contributed by atoms with van der Waals surface area (Å²) in [7, 11) is 0. The van der Waals surface area contributed by atoms with Gasteiger partial charge in [0, 0.05) is 31.7 Å². The van der Waals surface area contributed by atoms with E-state index in [0.717, 1.165) is 43.1 Å². The Hall–Kier alpha value is -2.39. The minimum Gasteiger partial charge on any atom is -0.486 e. The van der Waals surface area contributed by atoms with E-state index in [1.807, 2.05) is 18.2 Å². The largest absolute Gasteiger partial charge is 0.486 e. The van der Waals surface area contributed by atoms with Crippen LogP contribution in [-0.4, -0.2) is 68.4 Å². The van der Waals surface area contributed by atoms with Crippen LogP contribution in [0.25, 0.3) is 10.2 Å². The van der Waals surface area contributed by atoms with E-state index >= 15 is 0 Å². The number of carbonyl (C=O) groups is 1. The molecule has 0 unspecified atom stereocenters. The molecule has 2 aliphatic heterocycles. The van der Waals surface area contributed by atoms with Gasteiger partial charge in [0.05, 0.1) is 23.4 Å². The van der Waals surface area contributed by atoms with Gasteiger partial charge in [-0.25, -0.2) is 4.98 Å². The smallest absolute Gasteiger partial charge is 0.260 e. The first-order valence-corrected chi connectivity index (χ1v) is 11.4. The first-order chi connectivity index (χ1) is 15.2. The number of rotatable bonds is 5. The highest BCUT2D eigenvalue weighted by molar-refractivity contribution is 7.22. The van der Waals surface area contributed by atoms with E-state index in [2.05, 4.69) is 17.9 Å². The molecule has 0 spiro atoms. The fraction of sp³-hybridized carbons (Fsp3) is 0.391. The number of benzene rings is 2. The van der Waals surface area contributed by atoms with Gasteiger partial charge in [0.1, 0.15) is 13.2 Å². The van der Waals surface area contributed by atoms with Gasteiger partial charge in [-0.15, -0.1) is 12.4 Å². The Morgan fingerprint density at radius 2 is 1.84 bits per heavy atom. The van der Waals surface area contributed by atoms with E-state index in [1.54, 1.807) is 28.4 Å². The lowest BCUT2D eigenvalue weighted by Gasteiger charge is -2.29. The van der Waals surface area contributed by atoms with Crippen molar-refractivity contribution >= 4 is 45.0 Å². The third kappa shape index (κ3) is 4.83. The molecule has 1 saturated heterocycles. The zero-order valence-electron chi connectivity index (χ0n) is 17.9. The van der Waals surface area contributed by atoms with Crippen LogP contribution in [0.1, 0.15) is 15.9 Å². The Morgan fingerprint density at radius 1 is 1.06 bits per heavy atom. The molecule has 9 heteroatoms. The van der Waals surface area contributed by atoms with Gasteiger partial charge in [0.25, 0.3) is 5.91 Å². The Kier molecular flexibility index (Phi) is 7.15. The quantitative estimate of drug-likeness (QED) is 0.559. The predicted molar refractivity (Wildman–Crippen MR) is 128 cm³/mol. The molecule has 0 saturated carbocycles. The number of halogens is 1. The molecule has 0 N–H and O–H groups in total. The zero-order valence-corrected chi connectivity index (χ0v) is 19.5. The van der Waals surface area contributed by atoms with Gasteiger partial charge in [-0.05, 0) is 42.8 Å². The summed E-state index contributed by atoms with van der Waals surface area (Å²) < 4.78 is 17.8. The molecule has 2 aromatic carbocycles. The lowest BCUT2D eigenvalue weighted by Crippen LogP contribution is -2.43. The fourth-order valence-corrected chi connectivity index (χ4v) is 4.91. The Bertz CT molecular complexity index is 1100. The van der Waals surface area contributed by atoms with Crippen molar-refractivity contribution in [3.63, 3.8) is 0 Å². The van der Waals surface area contributed by atoms with Gasteiger partial charge in [0.2, 0.25) is 0 Å². The van der Waals surface area contributed by atoms with Crippen molar-refractivity contribution in [3.8, 4) is 11.5 Å². The lowest BCUT2D eigenvalue weighted by atomic mass is 10.1. The fourth-order valence-electron chi connectivity index (χ4n) is 3.82. The Morgan fingerprint density at radius 3 is 2.66 bits per heavy atom. The second-order valence-electron chi connectivity index (χ2n) is 7.74. The molecule has 1 amide bonds. The highest BCUT2D eigenvalue weighted by Gasteiger charge is 2.24. The van der Waals surface area contributed by atoms with Crippen molar-refractivity contribution in [3.05, 3.63) is 47.5 Å². The number of morpholine rings is 1. The molecule has 170 valence electrons. The van der Waals surface area contributed by atoms with Crippen molar-refractivity contribution in [2.75, 3.05) is 57.5 Å². The van der Waals surface area contributed by atoms with Gasteiger partial charge in [-0.3, -0.25) is 14.6 Å². The number of amides is 1. The number of aryl methyl sites for hydroxylation is 1. The first kappa shape index (κ1) is 22.8. The summed E-state index contributed by atoms with van der Waals surface area (Å²) in [6.07, 6.45) is 0. The van der Waals surface area contributed by atoms with Crippen LogP contribution in [0.15, 0.2) is 36.4 Å². The molecule has 0 bridgehead atoms. The number of hydrogen-bond acceptors (Lipinski definition) is 7. The normalized spacial score (nSPS) is 15.9. The number of nitrogens with zero attached hydrogens (tertiary/aromatic N) is 3. The SMILES string of the molecule is Cc1ccc2nc(N(CCN3CCOCC3)C(=O)c3ccc4c(c3)OCCO4)sc2c1.Cl. The van der Waals surface area contributed by atoms with Crippen LogP contribution >= 0.6 is 23.7 Å². The van der Waals surface area contributed by atoms with E-state index in [9.17, 15) is 4.79 Å². The molecule has 2 aliphatic rings. The summed E-state index contributed by atoms with van der Waals surface area (Å²) in [5.74, 6) is 1.21. The highest BCUT2D eigenvalue weighted by atomic mass is 35.5. The zero-order chi connectivity index (χ0) is 21.2. The average Bonchev–Trinajstić information content (AvgIpc) is 3.22.